The number of allylic oxidation sites excluding steroid dienone is 1. The molecule has 0 radical (unpaired) electrons. The lowest BCUT2D eigenvalue weighted by Gasteiger charge is -2.14. The van der Waals surface area contributed by atoms with Crippen LogP contribution in [0, 0.1) is 0 Å². The zero-order valence-corrected chi connectivity index (χ0v) is 10.4. The number of esters is 1. The Hall–Kier alpha value is -0.450. The molecule has 15 heavy (non-hydrogen) atoms. The number of ether oxygens (including phenoxy) is 1. The molecule has 0 aliphatic carbocycles. The number of hydrogen-bond acceptors (Lipinski definition) is 4. The molecular weight excluding hydrogens is 264 g/mol. The number of carbonyl (C=O) groups excluding carboxylic acids is 2. The van der Waals surface area contributed by atoms with Crippen molar-refractivity contribution in [2.24, 2.45) is 5.73 Å². The molecular formula is C8H10Cl3NO3. The van der Waals surface area contributed by atoms with Crippen LogP contribution in [-0.4, -0.2) is 22.2 Å². The van der Waals surface area contributed by atoms with Crippen LogP contribution in [0.3, 0.4) is 0 Å². The van der Waals surface area contributed by atoms with E-state index >= 15 is 0 Å². The summed E-state index contributed by atoms with van der Waals surface area (Å²) in [6.07, 6.45) is 0. The van der Waals surface area contributed by atoms with Gasteiger partial charge in [-0.1, -0.05) is 34.8 Å². The second-order valence-corrected chi connectivity index (χ2v) is 4.84. The summed E-state index contributed by atoms with van der Waals surface area (Å²) < 4.78 is 2.60. The first-order valence-electron chi connectivity index (χ1n) is 3.96. The van der Waals surface area contributed by atoms with E-state index in [0.29, 0.717) is 0 Å². The first-order valence-corrected chi connectivity index (χ1v) is 5.10. The highest BCUT2D eigenvalue weighted by Crippen LogP contribution is 2.33. The number of halogens is 3. The average Bonchev–Trinajstić information content (AvgIpc) is 2.02. The van der Waals surface area contributed by atoms with Crippen LogP contribution in [-0.2, 0) is 14.3 Å². The van der Waals surface area contributed by atoms with E-state index in [0.717, 1.165) is 6.92 Å². The van der Waals surface area contributed by atoms with Crippen molar-refractivity contribution in [1.29, 1.82) is 0 Å². The van der Waals surface area contributed by atoms with Gasteiger partial charge in [0.1, 0.15) is 5.57 Å². The molecule has 0 heterocycles. The molecule has 0 spiro atoms. The Kier molecular flexibility index (Phi) is 5.42. The van der Waals surface area contributed by atoms with E-state index in [-0.39, 0.29) is 6.61 Å². The minimum absolute atomic E-state index is 0.1000. The predicted molar refractivity (Wildman–Crippen MR) is 58.8 cm³/mol. The van der Waals surface area contributed by atoms with Gasteiger partial charge in [0, 0.05) is 0 Å². The van der Waals surface area contributed by atoms with Gasteiger partial charge >= 0.3 is 5.97 Å². The lowest BCUT2D eigenvalue weighted by molar-refractivity contribution is -0.139. The lowest BCUT2D eigenvalue weighted by Crippen LogP contribution is -2.26. The summed E-state index contributed by atoms with van der Waals surface area (Å²) in [5, 5.41) is 0. The second kappa shape index (κ2) is 5.58. The third-order valence-corrected chi connectivity index (χ3v) is 2.02. The fraction of sp³-hybridized carbons (Fsp3) is 0.500. The molecule has 0 aromatic heterocycles. The summed E-state index contributed by atoms with van der Waals surface area (Å²) in [5.41, 5.74) is 4.52. The number of carbonyl (C=O) groups is 2. The van der Waals surface area contributed by atoms with Gasteiger partial charge in [0.25, 0.3) is 0 Å². The molecule has 0 saturated heterocycles. The van der Waals surface area contributed by atoms with Gasteiger partial charge in [-0.25, -0.2) is 4.79 Å². The van der Waals surface area contributed by atoms with Crippen LogP contribution < -0.4 is 5.73 Å². The lowest BCUT2D eigenvalue weighted by atomic mass is 10.1. The van der Waals surface area contributed by atoms with Crippen LogP contribution in [0.1, 0.15) is 13.8 Å². The predicted octanol–water partition coefficient (Wildman–Crippen LogP) is 1.72. The van der Waals surface area contributed by atoms with E-state index in [1.807, 2.05) is 0 Å². The molecule has 2 N–H and O–H groups in total. The standard InChI is InChI=1S/C8H10Cl3NO3/c1-3-15-7(14)5(4(2)13)6(12)8(9,10)11/h3,12H2,1-2H3. The number of alkyl halides is 3. The minimum Gasteiger partial charge on any atom is -0.462 e. The molecule has 0 fully saturated rings. The third-order valence-electron chi connectivity index (χ3n) is 1.41. The molecule has 0 saturated carbocycles. The maximum absolute atomic E-state index is 11.3. The van der Waals surface area contributed by atoms with Gasteiger partial charge in [-0.2, -0.15) is 0 Å². The van der Waals surface area contributed by atoms with Gasteiger partial charge in [0.2, 0.25) is 3.79 Å². The van der Waals surface area contributed by atoms with Crippen molar-refractivity contribution in [3.63, 3.8) is 0 Å². The van der Waals surface area contributed by atoms with Gasteiger partial charge in [-0.3, -0.25) is 4.79 Å². The van der Waals surface area contributed by atoms with Gasteiger partial charge < -0.3 is 10.5 Å². The molecule has 86 valence electrons. The number of hydrogen-bond donors (Lipinski definition) is 1. The number of ketones is 1. The van der Waals surface area contributed by atoms with Gasteiger partial charge in [-0.05, 0) is 13.8 Å². The van der Waals surface area contributed by atoms with Crippen molar-refractivity contribution >= 4 is 46.6 Å². The van der Waals surface area contributed by atoms with E-state index in [2.05, 4.69) is 4.74 Å². The Morgan fingerprint density at radius 3 is 2.07 bits per heavy atom. The molecule has 0 unspecified atom stereocenters. The molecule has 0 aliphatic heterocycles. The number of Topliss-reactive ketones (excluding diaryl/α,β-unsaturated/α-hetero) is 1. The monoisotopic (exact) mass is 273 g/mol. The summed E-state index contributed by atoms with van der Waals surface area (Å²) in [5.74, 6) is -1.51. The molecule has 0 aliphatic rings. The second-order valence-electron chi connectivity index (χ2n) is 2.56. The van der Waals surface area contributed by atoms with E-state index in [1.54, 1.807) is 6.92 Å². The molecule has 4 nitrogen and oxygen atoms in total. The SMILES string of the molecule is CCOC(=O)C(C(C)=O)=C(N)C(Cl)(Cl)Cl. The zero-order chi connectivity index (χ0) is 12.2. The Morgan fingerprint density at radius 1 is 1.33 bits per heavy atom. The summed E-state index contributed by atoms with van der Waals surface area (Å²) >= 11 is 16.4. The van der Waals surface area contributed by atoms with Gasteiger partial charge in [0.05, 0.1) is 12.3 Å². The third kappa shape index (κ3) is 4.28. The average molecular weight is 275 g/mol. The maximum atomic E-state index is 11.3. The highest BCUT2D eigenvalue weighted by atomic mass is 35.6. The number of nitrogens with two attached hydrogens (primary N) is 1. The van der Waals surface area contributed by atoms with Crippen molar-refractivity contribution in [2.75, 3.05) is 6.61 Å². The smallest absolute Gasteiger partial charge is 0.343 e. The van der Waals surface area contributed by atoms with Gasteiger partial charge in [0.15, 0.2) is 5.78 Å². The van der Waals surface area contributed by atoms with Crippen LogP contribution in [0.2, 0.25) is 0 Å². The zero-order valence-electron chi connectivity index (χ0n) is 8.14. The van der Waals surface area contributed by atoms with Crippen LogP contribution in [0.15, 0.2) is 11.3 Å². The molecule has 0 aromatic carbocycles. The molecule has 7 heteroatoms. The summed E-state index contributed by atoms with van der Waals surface area (Å²) in [4.78, 5) is 22.4. The molecule has 0 rings (SSSR count). The first-order chi connectivity index (χ1) is 6.71. The van der Waals surface area contributed by atoms with Crippen molar-refractivity contribution < 1.29 is 14.3 Å². The maximum Gasteiger partial charge on any atom is 0.343 e. The van der Waals surface area contributed by atoms with Crippen molar-refractivity contribution in [1.82, 2.24) is 0 Å². The van der Waals surface area contributed by atoms with Crippen LogP contribution in [0.4, 0.5) is 0 Å². The molecule has 0 aromatic rings. The van der Waals surface area contributed by atoms with E-state index in [4.69, 9.17) is 40.5 Å². The minimum atomic E-state index is -2.01. The fourth-order valence-corrected chi connectivity index (χ4v) is 1.07. The topological polar surface area (TPSA) is 69.4 Å². The Balaban J connectivity index is 5.31. The quantitative estimate of drug-likeness (QED) is 0.280. The van der Waals surface area contributed by atoms with E-state index in [9.17, 15) is 9.59 Å². The van der Waals surface area contributed by atoms with Crippen molar-refractivity contribution in [2.45, 2.75) is 17.6 Å². The molecule has 0 atom stereocenters. The summed E-state index contributed by atoms with van der Waals surface area (Å²) in [7, 11) is 0. The van der Waals surface area contributed by atoms with Crippen LogP contribution in [0.5, 0.6) is 0 Å². The summed E-state index contributed by atoms with van der Waals surface area (Å²) in [6.45, 7) is 2.82. The first kappa shape index (κ1) is 14.6. The molecule has 0 bridgehead atoms. The highest BCUT2D eigenvalue weighted by Gasteiger charge is 2.32. The Morgan fingerprint density at radius 2 is 1.80 bits per heavy atom. The van der Waals surface area contributed by atoms with Crippen molar-refractivity contribution in [3.8, 4) is 0 Å². The largest absolute Gasteiger partial charge is 0.462 e. The number of rotatable bonds is 3. The van der Waals surface area contributed by atoms with Crippen molar-refractivity contribution in [3.05, 3.63) is 11.3 Å². The normalized spacial score (nSPS) is 13.1. The Bertz CT molecular complexity index is 307. The Labute approximate surface area is 102 Å². The van der Waals surface area contributed by atoms with Crippen LogP contribution in [0.25, 0.3) is 0 Å². The molecule has 0 amide bonds. The van der Waals surface area contributed by atoms with Crippen LogP contribution >= 0.6 is 34.8 Å². The van der Waals surface area contributed by atoms with Gasteiger partial charge in [-0.15, -0.1) is 0 Å². The summed E-state index contributed by atoms with van der Waals surface area (Å²) in [6, 6.07) is 0. The highest BCUT2D eigenvalue weighted by molar-refractivity contribution is 6.69. The van der Waals surface area contributed by atoms with E-state index < -0.39 is 26.8 Å². The van der Waals surface area contributed by atoms with E-state index in [1.165, 1.54) is 0 Å². The fourth-order valence-electron chi connectivity index (χ4n) is 0.788.